The van der Waals surface area contributed by atoms with E-state index in [4.69, 9.17) is 0 Å². The summed E-state index contributed by atoms with van der Waals surface area (Å²) in [5, 5.41) is 3.53. The van der Waals surface area contributed by atoms with Gasteiger partial charge in [-0.3, -0.25) is 4.99 Å². The highest BCUT2D eigenvalue weighted by atomic mass is 15.3. The molecule has 0 bridgehead atoms. The fourth-order valence-corrected chi connectivity index (χ4v) is 3.19. The Morgan fingerprint density at radius 3 is 2.39 bits per heavy atom. The smallest absolute Gasteiger partial charge is 0.193 e. The van der Waals surface area contributed by atoms with E-state index >= 15 is 0 Å². The Labute approximate surface area is 112 Å². The molecular weight excluding hydrogens is 222 g/mol. The number of hydrogen-bond acceptors (Lipinski definition) is 3. The fraction of sp³-hybridized carbons (Fsp3) is 0.933. The minimum absolute atomic E-state index is 0.494. The molecule has 1 aliphatic heterocycles. The molecule has 3 heteroatoms. The van der Waals surface area contributed by atoms with Gasteiger partial charge in [-0.25, -0.2) is 0 Å². The molecule has 1 heterocycles. The lowest BCUT2D eigenvalue weighted by Gasteiger charge is -2.37. The summed E-state index contributed by atoms with van der Waals surface area (Å²) in [6, 6.07) is 0. The van der Waals surface area contributed by atoms with Gasteiger partial charge in [0.1, 0.15) is 0 Å². The molecule has 0 aromatic heterocycles. The Kier molecular flexibility index (Phi) is 4.18. The van der Waals surface area contributed by atoms with Gasteiger partial charge in [-0.2, -0.15) is 0 Å². The molecule has 0 amide bonds. The quantitative estimate of drug-likeness (QED) is 0.817. The summed E-state index contributed by atoms with van der Waals surface area (Å²) in [4.78, 5) is 6.71. The highest BCUT2D eigenvalue weighted by Gasteiger charge is 2.29. The molecule has 0 saturated heterocycles. The van der Waals surface area contributed by atoms with Gasteiger partial charge in [0.25, 0.3) is 0 Å². The van der Waals surface area contributed by atoms with Crippen molar-refractivity contribution < 1.29 is 0 Å². The maximum atomic E-state index is 4.49. The zero-order chi connectivity index (χ0) is 13.2. The second kappa shape index (κ2) is 5.50. The number of nitrogens with zero attached hydrogens (tertiary/aromatic N) is 2. The SMILES string of the molecule is CN1CCN=C1NCC1CCC(C(C)(C)C)CC1. The van der Waals surface area contributed by atoms with Crippen molar-refractivity contribution in [3.63, 3.8) is 0 Å². The molecule has 3 nitrogen and oxygen atoms in total. The van der Waals surface area contributed by atoms with E-state index in [1.165, 1.54) is 25.7 Å². The molecule has 1 fully saturated rings. The standard InChI is InChI=1S/C15H29N3/c1-15(2,3)13-7-5-12(6-8-13)11-17-14-16-9-10-18(14)4/h12-13H,5-11H2,1-4H3,(H,16,17). The third-order valence-electron chi connectivity index (χ3n) is 4.68. The highest BCUT2D eigenvalue weighted by Crippen LogP contribution is 2.39. The summed E-state index contributed by atoms with van der Waals surface area (Å²) < 4.78 is 0. The second-order valence-corrected chi connectivity index (χ2v) is 7.09. The lowest BCUT2D eigenvalue weighted by Crippen LogP contribution is -2.39. The zero-order valence-electron chi connectivity index (χ0n) is 12.5. The van der Waals surface area contributed by atoms with Crippen LogP contribution in [0.25, 0.3) is 0 Å². The van der Waals surface area contributed by atoms with Crippen LogP contribution in [0.15, 0.2) is 4.99 Å². The molecule has 18 heavy (non-hydrogen) atoms. The molecule has 2 aliphatic rings. The number of likely N-dealkylation sites (N-methyl/N-ethyl adjacent to an activating group) is 1. The van der Waals surface area contributed by atoms with Crippen LogP contribution < -0.4 is 5.32 Å². The molecule has 1 saturated carbocycles. The third-order valence-corrected chi connectivity index (χ3v) is 4.68. The van der Waals surface area contributed by atoms with E-state index in [1.54, 1.807) is 0 Å². The van der Waals surface area contributed by atoms with Crippen LogP contribution in [0.5, 0.6) is 0 Å². The summed E-state index contributed by atoms with van der Waals surface area (Å²) in [6.45, 7) is 10.3. The van der Waals surface area contributed by atoms with E-state index in [2.05, 4.69) is 43.0 Å². The Balaban J connectivity index is 1.71. The Morgan fingerprint density at radius 1 is 1.22 bits per heavy atom. The van der Waals surface area contributed by atoms with Crippen molar-refractivity contribution in [1.82, 2.24) is 10.2 Å². The maximum absolute atomic E-state index is 4.49. The van der Waals surface area contributed by atoms with Crippen LogP contribution >= 0.6 is 0 Å². The summed E-state index contributed by atoms with van der Waals surface area (Å²) in [5.74, 6) is 2.87. The molecule has 104 valence electrons. The number of nitrogens with one attached hydrogen (secondary N) is 1. The van der Waals surface area contributed by atoms with Crippen molar-refractivity contribution in [1.29, 1.82) is 0 Å². The first-order chi connectivity index (χ1) is 8.47. The number of hydrogen-bond donors (Lipinski definition) is 1. The van der Waals surface area contributed by atoms with Crippen LogP contribution in [-0.2, 0) is 0 Å². The van der Waals surface area contributed by atoms with Crippen molar-refractivity contribution in [2.75, 3.05) is 26.7 Å². The summed E-state index contributed by atoms with van der Waals surface area (Å²) >= 11 is 0. The monoisotopic (exact) mass is 251 g/mol. The molecule has 1 N–H and O–H groups in total. The molecule has 1 aliphatic carbocycles. The predicted molar refractivity (Wildman–Crippen MR) is 77.8 cm³/mol. The predicted octanol–water partition coefficient (Wildman–Crippen LogP) is 2.73. The topological polar surface area (TPSA) is 27.6 Å². The van der Waals surface area contributed by atoms with E-state index in [0.717, 1.165) is 37.4 Å². The highest BCUT2D eigenvalue weighted by molar-refractivity contribution is 5.81. The Bertz CT molecular complexity index is 295. The van der Waals surface area contributed by atoms with E-state index in [0.29, 0.717) is 5.41 Å². The van der Waals surface area contributed by atoms with E-state index < -0.39 is 0 Å². The normalized spacial score (nSPS) is 29.3. The Hall–Kier alpha value is -0.730. The number of guanidine groups is 1. The first-order valence-electron chi connectivity index (χ1n) is 7.46. The van der Waals surface area contributed by atoms with Crippen molar-refractivity contribution in [3.8, 4) is 0 Å². The number of aliphatic imine (C=N–C) groups is 1. The van der Waals surface area contributed by atoms with Gasteiger partial charge < -0.3 is 10.2 Å². The van der Waals surface area contributed by atoms with Gasteiger partial charge in [0.15, 0.2) is 5.96 Å². The van der Waals surface area contributed by atoms with Gasteiger partial charge in [-0.15, -0.1) is 0 Å². The van der Waals surface area contributed by atoms with Gasteiger partial charge in [0.05, 0.1) is 6.54 Å². The molecule has 0 radical (unpaired) electrons. The van der Waals surface area contributed by atoms with Crippen LogP contribution in [0.4, 0.5) is 0 Å². The van der Waals surface area contributed by atoms with Gasteiger partial charge in [-0.1, -0.05) is 20.8 Å². The average Bonchev–Trinajstić information content (AvgIpc) is 2.72. The van der Waals surface area contributed by atoms with E-state index in [-0.39, 0.29) is 0 Å². The molecule has 2 rings (SSSR count). The van der Waals surface area contributed by atoms with Gasteiger partial charge in [0, 0.05) is 20.1 Å². The lowest BCUT2D eigenvalue weighted by atomic mass is 9.70. The largest absolute Gasteiger partial charge is 0.356 e. The van der Waals surface area contributed by atoms with E-state index in [9.17, 15) is 0 Å². The van der Waals surface area contributed by atoms with Crippen LogP contribution in [0, 0.1) is 17.3 Å². The van der Waals surface area contributed by atoms with Crippen molar-refractivity contribution in [2.24, 2.45) is 22.2 Å². The zero-order valence-corrected chi connectivity index (χ0v) is 12.5. The first kappa shape index (κ1) is 13.7. The molecule has 0 aromatic rings. The van der Waals surface area contributed by atoms with Gasteiger partial charge in [-0.05, 0) is 42.9 Å². The maximum Gasteiger partial charge on any atom is 0.193 e. The summed E-state index contributed by atoms with van der Waals surface area (Å²) in [7, 11) is 2.12. The third kappa shape index (κ3) is 3.39. The summed E-state index contributed by atoms with van der Waals surface area (Å²) in [5.41, 5.74) is 0.494. The van der Waals surface area contributed by atoms with Crippen molar-refractivity contribution >= 4 is 5.96 Å². The summed E-state index contributed by atoms with van der Waals surface area (Å²) in [6.07, 6.45) is 5.56. The van der Waals surface area contributed by atoms with Gasteiger partial charge >= 0.3 is 0 Å². The average molecular weight is 251 g/mol. The molecule has 0 spiro atoms. The minimum Gasteiger partial charge on any atom is -0.356 e. The van der Waals surface area contributed by atoms with Crippen LogP contribution in [0.1, 0.15) is 46.5 Å². The second-order valence-electron chi connectivity index (χ2n) is 7.09. The molecule has 0 aromatic carbocycles. The molecular formula is C15H29N3. The minimum atomic E-state index is 0.494. The van der Waals surface area contributed by atoms with Crippen molar-refractivity contribution in [2.45, 2.75) is 46.5 Å². The Morgan fingerprint density at radius 2 is 1.89 bits per heavy atom. The lowest BCUT2D eigenvalue weighted by molar-refractivity contribution is 0.150. The van der Waals surface area contributed by atoms with Crippen LogP contribution in [0.2, 0.25) is 0 Å². The fourth-order valence-electron chi connectivity index (χ4n) is 3.19. The van der Waals surface area contributed by atoms with Crippen molar-refractivity contribution in [3.05, 3.63) is 0 Å². The van der Waals surface area contributed by atoms with Crippen LogP contribution in [0.3, 0.4) is 0 Å². The molecule has 0 atom stereocenters. The van der Waals surface area contributed by atoms with E-state index in [1.807, 2.05) is 0 Å². The number of rotatable bonds is 2. The first-order valence-corrected chi connectivity index (χ1v) is 7.46. The molecule has 0 unspecified atom stereocenters. The van der Waals surface area contributed by atoms with Crippen LogP contribution in [-0.4, -0.2) is 37.5 Å². The van der Waals surface area contributed by atoms with Gasteiger partial charge in [0.2, 0.25) is 0 Å².